The van der Waals surface area contributed by atoms with E-state index in [4.69, 9.17) is 0 Å². The van der Waals surface area contributed by atoms with E-state index in [-0.39, 0.29) is 0 Å². The normalized spacial score (nSPS) is 10.6. The van der Waals surface area contributed by atoms with Gasteiger partial charge in [0.1, 0.15) is 11.4 Å². The number of nitrogens with zero attached hydrogens (tertiary/aromatic N) is 2. The Morgan fingerprint density at radius 3 is 2.83 bits per heavy atom. The summed E-state index contributed by atoms with van der Waals surface area (Å²) in [6.07, 6.45) is 3.34. The summed E-state index contributed by atoms with van der Waals surface area (Å²) in [7, 11) is 0. The molecule has 1 aromatic heterocycles. The van der Waals surface area contributed by atoms with Crippen molar-refractivity contribution in [1.29, 1.82) is 0 Å². The van der Waals surface area contributed by atoms with Crippen LogP contribution in [0.25, 0.3) is 0 Å². The average molecular weight is 259 g/mol. The minimum absolute atomic E-state index is 0.931. The molecule has 0 aliphatic rings. The first-order valence-electron chi connectivity index (χ1n) is 6.03. The minimum atomic E-state index is 0.931. The molecule has 0 aliphatic heterocycles. The average Bonchev–Trinajstić information content (AvgIpc) is 2.39. The number of hydrogen-bond acceptors (Lipinski definition) is 4. The third-order valence-electron chi connectivity index (χ3n) is 2.66. The van der Waals surface area contributed by atoms with E-state index in [1.165, 1.54) is 16.0 Å². The summed E-state index contributed by atoms with van der Waals surface area (Å²) in [6.45, 7) is 6.20. The Morgan fingerprint density at radius 1 is 1.28 bits per heavy atom. The van der Waals surface area contributed by atoms with Crippen LogP contribution in [0.4, 0.5) is 0 Å². The Hall–Kier alpha value is -1.39. The Balaban J connectivity index is 2.09. The Bertz CT molecular complexity index is 500. The van der Waals surface area contributed by atoms with Crippen LogP contribution in [0, 0.1) is 6.92 Å². The maximum Gasteiger partial charge on any atom is 0.116 e. The first-order chi connectivity index (χ1) is 8.79. The first-order valence-corrected chi connectivity index (χ1v) is 6.85. The third kappa shape index (κ3) is 3.55. The molecule has 0 saturated carbocycles. The second kappa shape index (κ2) is 6.52. The number of aryl methyl sites for hydroxylation is 1. The lowest BCUT2D eigenvalue weighted by molar-refractivity contribution is 0.723. The van der Waals surface area contributed by atoms with Crippen LogP contribution in [0.5, 0.6) is 0 Å². The molecule has 0 bridgehead atoms. The van der Waals surface area contributed by atoms with Crippen molar-refractivity contribution in [2.75, 3.05) is 6.54 Å². The third-order valence-corrected chi connectivity index (χ3v) is 3.60. The zero-order valence-electron chi connectivity index (χ0n) is 10.7. The zero-order valence-corrected chi connectivity index (χ0v) is 11.5. The largest absolute Gasteiger partial charge is 0.313 e. The molecule has 94 valence electrons. The second-order valence-corrected chi connectivity index (χ2v) is 5.11. The van der Waals surface area contributed by atoms with Crippen molar-refractivity contribution in [3.8, 4) is 0 Å². The van der Waals surface area contributed by atoms with E-state index in [1.54, 1.807) is 24.3 Å². The van der Waals surface area contributed by atoms with Gasteiger partial charge in [0.2, 0.25) is 0 Å². The lowest BCUT2D eigenvalue weighted by Crippen LogP contribution is -2.12. The SMILES string of the molecule is CCNCc1ccc(Sc2ccncn2)cc1C. The lowest BCUT2D eigenvalue weighted by Gasteiger charge is -2.08. The minimum Gasteiger partial charge on any atom is -0.313 e. The molecule has 0 radical (unpaired) electrons. The molecule has 4 heteroatoms. The second-order valence-electron chi connectivity index (χ2n) is 4.02. The zero-order chi connectivity index (χ0) is 12.8. The molecule has 0 unspecified atom stereocenters. The predicted molar refractivity (Wildman–Crippen MR) is 74.7 cm³/mol. The van der Waals surface area contributed by atoms with Gasteiger partial charge in [0.15, 0.2) is 0 Å². The molecule has 0 spiro atoms. The molecular weight excluding hydrogens is 242 g/mol. The molecular formula is C14H17N3S. The van der Waals surface area contributed by atoms with Crippen molar-refractivity contribution in [2.45, 2.75) is 30.3 Å². The maximum absolute atomic E-state index is 4.22. The summed E-state index contributed by atoms with van der Waals surface area (Å²) >= 11 is 1.66. The molecule has 2 rings (SSSR count). The van der Waals surface area contributed by atoms with Crippen LogP contribution >= 0.6 is 11.8 Å². The number of benzene rings is 1. The summed E-state index contributed by atoms with van der Waals surface area (Å²) in [5.74, 6) is 0. The fourth-order valence-corrected chi connectivity index (χ4v) is 2.49. The highest BCUT2D eigenvalue weighted by molar-refractivity contribution is 7.99. The van der Waals surface area contributed by atoms with Crippen molar-refractivity contribution < 1.29 is 0 Å². The Kier molecular flexibility index (Phi) is 4.73. The van der Waals surface area contributed by atoms with Gasteiger partial charge in [0, 0.05) is 17.6 Å². The molecule has 0 saturated heterocycles. The molecule has 0 fully saturated rings. The number of hydrogen-bond donors (Lipinski definition) is 1. The van der Waals surface area contributed by atoms with Gasteiger partial charge in [-0.25, -0.2) is 9.97 Å². The van der Waals surface area contributed by atoms with Gasteiger partial charge in [-0.15, -0.1) is 0 Å². The Morgan fingerprint density at radius 2 is 2.17 bits per heavy atom. The summed E-state index contributed by atoms with van der Waals surface area (Å²) in [6, 6.07) is 8.46. The maximum atomic E-state index is 4.22. The molecule has 2 aromatic rings. The predicted octanol–water partition coefficient (Wildman–Crippen LogP) is 3.05. The highest BCUT2D eigenvalue weighted by Crippen LogP contribution is 2.27. The van der Waals surface area contributed by atoms with Crippen LogP contribution in [0.15, 0.2) is 46.7 Å². The van der Waals surface area contributed by atoms with E-state index in [9.17, 15) is 0 Å². The topological polar surface area (TPSA) is 37.8 Å². The fraction of sp³-hybridized carbons (Fsp3) is 0.286. The summed E-state index contributed by atoms with van der Waals surface area (Å²) in [5.41, 5.74) is 2.67. The van der Waals surface area contributed by atoms with Crippen LogP contribution in [0.3, 0.4) is 0 Å². The number of rotatable bonds is 5. The van der Waals surface area contributed by atoms with Gasteiger partial charge in [-0.3, -0.25) is 0 Å². The van der Waals surface area contributed by atoms with E-state index in [2.05, 4.69) is 47.3 Å². The molecule has 0 aliphatic carbocycles. The van der Waals surface area contributed by atoms with Gasteiger partial charge in [0.25, 0.3) is 0 Å². The van der Waals surface area contributed by atoms with Crippen molar-refractivity contribution in [3.05, 3.63) is 47.9 Å². The van der Waals surface area contributed by atoms with E-state index in [0.29, 0.717) is 0 Å². The molecule has 1 heterocycles. The highest BCUT2D eigenvalue weighted by Gasteiger charge is 2.02. The van der Waals surface area contributed by atoms with Gasteiger partial charge in [-0.05, 0) is 42.8 Å². The van der Waals surface area contributed by atoms with Crippen LogP contribution in [-0.2, 0) is 6.54 Å². The molecule has 1 N–H and O–H groups in total. The van der Waals surface area contributed by atoms with Gasteiger partial charge in [-0.1, -0.05) is 24.8 Å². The van der Waals surface area contributed by atoms with Gasteiger partial charge in [0.05, 0.1) is 0 Å². The summed E-state index contributed by atoms with van der Waals surface area (Å²) < 4.78 is 0. The quantitative estimate of drug-likeness (QED) is 0.838. The standard InChI is InChI=1S/C14H17N3S/c1-3-15-9-12-4-5-13(8-11(12)2)18-14-6-7-16-10-17-14/h4-8,10,15H,3,9H2,1-2H3. The fourth-order valence-electron chi connectivity index (χ4n) is 1.65. The first kappa shape index (κ1) is 13.1. The van der Waals surface area contributed by atoms with E-state index >= 15 is 0 Å². The highest BCUT2D eigenvalue weighted by atomic mass is 32.2. The monoisotopic (exact) mass is 259 g/mol. The van der Waals surface area contributed by atoms with Crippen LogP contribution in [0.2, 0.25) is 0 Å². The van der Waals surface area contributed by atoms with Crippen LogP contribution in [-0.4, -0.2) is 16.5 Å². The Labute approximate surface area is 112 Å². The van der Waals surface area contributed by atoms with Gasteiger partial charge >= 0.3 is 0 Å². The van der Waals surface area contributed by atoms with E-state index in [0.717, 1.165) is 18.1 Å². The smallest absolute Gasteiger partial charge is 0.116 e. The molecule has 0 atom stereocenters. The van der Waals surface area contributed by atoms with Crippen LogP contribution in [0.1, 0.15) is 18.1 Å². The van der Waals surface area contributed by atoms with Crippen LogP contribution < -0.4 is 5.32 Å². The van der Waals surface area contributed by atoms with E-state index in [1.807, 2.05) is 6.07 Å². The molecule has 0 amide bonds. The molecule has 18 heavy (non-hydrogen) atoms. The van der Waals surface area contributed by atoms with Crippen molar-refractivity contribution in [1.82, 2.24) is 15.3 Å². The summed E-state index contributed by atoms with van der Waals surface area (Å²) in [4.78, 5) is 9.35. The molecule has 1 aromatic carbocycles. The van der Waals surface area contributed by atoms with E-state index < -0.39 is 0 Å². The van der Waals surface area contributed by atoms with Crippen molar-refractivity contribution in [3.63, 3.8) is 0 Å². The lowest BCUT2D eigenvalue weighted by atomic mass is 10.1. The number of aromatic nitrogens is 2. The number of nitrogens with one attached hydrogen (secondary N) is 1. The molecule has 3 nitrogen and oxygen atoms in total. The van der Waals surface area contributed by atoms with Gasteiger partial charge < -0.3 is 5.32 Å². The van der Waals surface area contributed by atoms with Crippen molar-refractivity contribution in [2.24, 2.45) is 0 Å². The summed E-state index contributed by atoms with van der Waals surface area (Å²) in [5, 5.41) is 4.32. The van der Waals surface area contributed by atoms with Crippen molar-refractivity contribution >= 4 is 11.8 Å². The van der Waals surface area contributed by atoms with Gasteiger partial charge in [-0.2, -0.15) is 0 Å².